The van der Waals surface area contributed by atoms with Crippen molar-refractivity contribution in [3.63, 3.8) is 0 Å². The molecule has 0 unspecified atom stereocenters. The SMILES string of the molecule is C[C@@H](Nc1nn(C)c(=O)c2c(-c3cnn(C)c3)c(=O)n(C3(C)CC3)cc12)c1cccc(C(F)(F)F)c1F. The number of hydrogen-bond donors (Lipinski definition) is 1. The highest BCUT2D eigenvalue weighted by atomic mass is 19.4. The monoisotopic (exact) mass is 516 g/mol. The summed E-state index contributed by atoms with van der Waals surface area (Å²) in [6.45, 7) is 3.42. The molecule has 37 heavy (non-hydrogen) atoms. The van der Waals surface area contributed by atoms with E-state index >= 15 is 0 Å². The number of aryl methyl sites for hydroxylation is 2. The van der Waals surface area contributed by atoms with E-state index in [1.807, 2.05) is 6.92 Å². The van der Waals surface area contributed by atoms with Gasteiger partial charge in [-0.1, -0.05) is 12.1 Å². The van der Waals surface area contributed by atoms with Gasteiger partial charge in [0.1, 0.15) is 5.82 Å². The molecule has 0 spiro atoms. The minimum absolute atomic E-state index is 0.0928. The molecule has 194 valence electrons. The van der Waals surface area contributed by atoms with Gasteiger partial charge < -0.3 is 9.88 Å². The summed E-state index contributed by atoms with van der Waals surface area (Å²) < 4.78 is 58.8. The van der Waals surface area contributed by atoms with Gasteiger partial charge in [-0.2, -0.15) is 23.4 Å². The largest absolute Gasteiger partial charge is 0.419 e. The Kier molecular flexibility index (Phi) is 5.54. The lowest BCUT2D eigenvalue weighted by Gasteiger charge is -2.21. The predicted octanol–water partition coefficient (Wildman–Crippen LogP) is 4.34. The lowest BCUT2D eigenvalue weighted by molar-refractivity contribution is -0.140. The molecule has 4 aromatic rings. The molecule has 0 saturated heterocycles. The van der Waals surface area contributed by atoms with Crippen molar-refractivity contribution in [1.82, 2.24) is 24.1 Å². The number of halogens is 4. The fraction of sp³-hybridized carbons (Fsp3) is 0.360. The minimum atomic E-state index is -4.85. The summed E-state index contributed by atoms with van der Waals surface area (Å²) in [4.78, 5) is 26.9. The highest BCUT2D eigenvalue weighted by Gasteiger charge is 2.41. The van der Waals surface area contributed by atoms with Gasteiger partial charge in [0.05, 0.1) is 28.8 Å². The fourth-order valence-electron chi connectivity index (χ4n) is 4.56. The standard InChI is InChI=1S/C25H24F4N6O2/c1-13(15-6-5-7-17(20(15)26)25(27,28)29)31-21-16-12-35(24(2)8-9-24)23(37)18(14-10-30-33(3)11-14)19(16)22(36)34(4)32-21/h5-7,10-13H,8-9H2,1-4H3,(H,31,32)/t13-/m1/s1. The first kappa shape index (κ1) is 24.7. The molecule has 5 rings (SSSR count). The Bertz CT molecular complexity index is 1660. The highest BCUT2D eigenvalue weighted by molar-refractivity contribution is 6.00. The third-order valence-corrected chi connectivity index (χ3v) is 6.93. The molecule has 1 atom stereocenters. The van der Waals surface area contributed by atoms with Crippen molar-refractivity contribution in [2.45, 2.75) is 44.4 Å². The Hall–Kier alpha value is -3.96. The van der Waals surface area contributed by atoms with Crippen LogP contribution in [0.15, 0.2) is 46.4 Å². The lowest BCUT2D eigenvalue weighted by Crippen LogP contribution is -2.32. The number of anilines is 1. The Balaban J connectivity index is 1.74. The molecule has 1 aromatic carbocycles. The molecule has 3 heterocycles. The van der Waals surface area contributed by atoms with Crippen molar-refractivity contribution >= 4 is 16.6 Å². The number of aromatic nitrogens is 5. The van der Waals surface area contributed by atoms with Gasteiger partial charge in [-0.05, 0) is 32.8 Å². The zero-order valence-corrected chi connectivity index (χ0v) is 20.5. The third kappa shape index (κ3) is 4.09. The Morgan fingerprint density at radius 3 is 2.41 bits per heavy atom. The van der Waals surface area contributed by atoms with Crippen LogP contribution in [-0.2, 0) is 25.8 Å². The van der Waals surface area contributed by atoms with Gasteiger partial charge in [-0.25, -0.2) is 9.07 Å². The second kappa shape index (κ2) is 8.29. The number of nitrogens with zero attached hydrogens (tertiary/aromatic N) is 5. The van der Waals surface area contributed by atoms with Crippen molar-refractivity contribution in [2.24, 2.45) is 14.1 Å². The van der Waals surface area contributed by atoms with Crippen LogP contribution in [0.5, 0.6) is 0 Å². The van der Waals surface area contributed by atoms with Crippen LogP contribution in [0.1, 0.15) is 43.9 Å². The molecule has 1 fully saturated rings. The number of nitrogens with one attached hydrogen (secondary N) is 1. The molecule has 0 amide bonds. The molecular weight excluding hydrogens is 492 g/mol. The van der Waals surface area contributed by atoms with E-state index in [2.05, 4.69) is 15.5 Å². The number of fused-ring (bicyclic) bond motifs is 1. The maximum atomic E-state index is 14.9. The first-order valence-corrected chi connectivity index (χ1v) is 11.6. The fourth-order valence-corrected chi connectivity index (χ4v) is 4.56. The molecule has 1 N–H and O–H groups in total. The summed E-state index contributed by atoms with van der Waals surface area (Å²) in [7, 11) is 3.09. The van der Waals surface area contributed by atoms with Crippen LogP contribution in [0.2, 0.25) is 0 Å². The van der Waals surface area contributed by atoms with Gasteiger partial charge >= 0.3 is 6.18 Å². The van der Waals surface area contributed by atoms with Gasteiger partial charge in [0.25, 0.3) is 11.1 Å². The summed E-state index contributed by atoms with van der Waals surface area (Å²) >= 11 is 0. The van der Waals surface area contributed by atoms with E-state index in [4.69, 9.17) is 0 Å². The van der Waals surface area contributed by atoms with Crippen molar-refractivity contribution in [3.8, 4) is 11.1 Å². The molecule has 0 aliphatic heterocycles. The summed E-state index contributed by atoms with van der Waals surface area (Å²) in [6.07, 6.45) is 1.34. The molecule has 0 bridgehead atoms. The topological polar surface area (TPSA) is 86.7 Å². The van der Waals surface area contributed by atoms with Gasteiger partial charge in [-0.3, -0.25) is 14.3 Å². The number of benzene rings is 1. The maximum Gasteiger partial charge on any atom is 0.419 e. The van der Waals surface area contributed by atoms with E-state index < -0.39 is 34.7 Å². The van der Waals surface area contributed by atoms with Crippen LogP contribution >= 0.6 is 0 Å². The zero-order chi connectivity index (χ0) is 26.9. The molecule has 0 radical (unpaired) electrons. The van der Waals surface area contributed by atoms with E-state index in [1.54, 1.807) is 24.0 Å². The molecule has 1 aliphatic rings. The summed E-state index contributed by atoms with van der Waals surface area (Å²) in [5.74, 6) is -1.26. The van der Waals surface area contributed by atoms with Gasteiger partial charge in [0.15, 0.2) is 5.82 Å². The summed E-state index contributed by atoms with van der Waals surface area (Å²) in [6, 6.07) is 2.13. The lowest BCUT2D eigenvalue weighted by atomic mass is 10.0. The summed E-state index contributed by atoms with van der Waals surface area (Å²) in [5.41, 5.74) is -2.31. The smallest absolute Gasteiger partial charge is 0.361 e. The van der Waals surface area contributed by atoms with Crippen LogP contribution in [0.3, 0.4) is 0 Å². The first-order chi connectivity index (χ1) is 17.3. The number of rotatable bonds is 5. The van der Waals surface area contributed by atoms with E-state index in [-0.39, 0.29) is 27.9 Å². The molecular formula is C25H24F4N6O2. The first-order valence-electron chi connectivity index (χ1n) is 11.6. The van der Waals surface area contributed by atoms with Gasteiger partial charge in [-0.15, -0.1) is 0 Å². The molecule has 12 heteroatoms. The minimum Gasteiger partial charge on any atom is -0.361 e. The zero-order valence-electron chi connectivity index (χ0n) is 20.5. The average Bonchev–Trinajstić information content (AvgIpc) is 3.42. The molecule has 1 aliphatic carbocycles. The second-order valence-electron chi connectivity index (χ2n) is 9.72. The Morgan fingerprint density at radius 1 is 1.11 bits per heavy atom. The van der Waals surface area contributed by atoms with Crippen molar-refractivity contribution < 1.29 is 17.6 Å². The Labute approximate surface area is 208 Å². The maximum absolute atomic E-state index is 14.9. The molecule has 8 nitrogen and oxygen atoms in total. The van der Waals surface area contributed by atoms with Crippen molar-refractivity contribution in [1.29, 1.82) is 0 Å². The normalized spacial score (nSPS) is 15.7. The van der Waals surface area contributed by atoms with E-state index in [1.165, 1.54) is 30.9 Å². The number of hydrogen-bond acceptors (Lipinski definition) is 5. The van der Waals surface area contributed by atoms with E-state index in [0.29, 0.717) is 17.0 Å². The highest BCUT2D eigenvalue weighted by Crippen LogP contribution is 2.43. The Morgan fingerprint density at radius 2 is 1.81 bits per heavy atom. The van der Waals surface area contributed by atoms with Crippen LogP contribution in [0.4, 0.5) is 23.4 Å². The van der Waals surface area contributed by atoms with Crippen LogP contribution in [0, 0.1) is 5.82 Å². The van der Waals surface area contributed by atoms with Crippen LogP contribution < -0.4 is 16.4 Å². The van der Waals surface area contributed by atoms with Crippen LogP contribution in [0.25, 0.3) is 21.9 Å². The van der Waals surface area contributed by atoms with Gasteiger partial charge in [0.2, 0.25) is 0 Å². The third-order valence-electron chi connectivity index (χ3n) is 6.93. The molecule has 3 aromatic heterocycles. The van der Waals surface area contributed by atoms with Crippen molar-refractivity contribution in [2.75, 3.05) is 5.32 Å². The van der Waals surface area contributed by atoms with Crippen molar-refractivity contribution in [3.05, 3.63) is 74.4 Å². The van der Waals surface area contributed by atoms with Gasteiger partial charge in [0, 0.05) is 48.5 Å². The number of alkyl halides is 3. The predicted molar refractivity (Wildman–Crippen MR) is 130 cm³/mol. The second-order valence-corrected chi connectivity index (χ2v) is 9.72. The van der Waals surface area contributed by atoms with Crippen LogP contribution in [-0.4, -0.2) is 24.1 Å². The van der Waals surface area contributed by atoms with E-state index in [0.717, 1.165) is 23.6 Å². The quantitative estimate of drug-likeness (QED) is 0.399. The average molecular weight is 516 g/mol. The summed E-state index contributed by atoms with van der Waals surface area (Å²) in [5, 5.41) is 11.8. The number of pyridine rings is 1. The van der Waals surface area contributed by atoms with E-state index in [9.17, 15) is 27.2 Å². The molecule has 1 saturated carbocycles.